The van der Waals surface area contributed by atoms with Gasteiger partial charge in [0.05, 0.1) is 11.9 Å². The van der Waals surface area contributed by atoms with Gasteiger partial charge in [-0.2, -0.15) is 0 Å². The van der Waals surface area contributed by atoms with Gasteiger partial charge in [-0.25, -0.2) is 4.98 Å². The quantitative estimate of drug-likeness (QED) is 0.766. The number of nitrogens with zero attached hydrogens (tertiary/aromatic N) is 1. The number of aromatic amines is 1. The largest absolute Gasteiger partial charge is 0.342 e. The summed E-state index contributed by atoms with van der Waals surface area (Å²) < 4.78 is 0. The Balaban J connectivity index is 1.95. The van der Waals surface area contributed by atoms with Gasteiger partial charge < -0.3 is 10.7 Å². The number of unbranched alkanes of at least 4 members (excludes halogenated alkanes) is 2. The Bertz CT molecular complexity index is 471. The molecule has 96 valence electrons. The van der Waals surface area contributed by atoms with Crippen LogP contribution in [0, 0.1) is 6.92 Å². The monoisotopic (exact) mass is 243 g/mol. The summed E-state index contributed by atoms with van der Waals surface area (Å²) >= 11 is 0. The summed E-state index contributed by atoms with van der Waals surface area (Å²) in [4.78, 5) is 7.81. The Kier molecular flexibility index (Phi) is 4.53. The van der Waals surface area contributed by atoms with Crippen molar-refractivity contribution in [3.8, 4) is 11.3 Å². The van der Waals surface area contributed by atoms with Gasteiger partial charge in [0.25, 0.3) is 0 Å². The van der Waals surface area contributed by atoms with E-state index in [4.69, 9.17) is 5.73 Å². The fourth-order valence-electron chi connectivity index (χ4n) is 1.98. The minimum Gasteiger partial charge on any atom is -0.342 e. The van der Waals surface area contributed by atoms with Crippen LogP contribution < -0.4 is 5.73 Å². The Labute approximate surface area is 108 Å². The van der Waals surface area contributed by atoms with Crippen LogP contribution >= 0.6 is 0 Å². The molecule has 1 aromatic heterocycles. The number of imidazole rings is 1. The zero-order valence-corrected chi connectivity index (χ0v) is 10.9. The molecule has 0 saturated heterocycles. The zero-order valence-electron chi connectivity index (χ0n) is 10.9. The molecule has 1 heterocycles. The predicted octanol–water partition coefficient (Wildman–Crippen LogP) is 3.06. The van der Waals surface area contributed by atoms with Crippen LogP contribution in [0.4, 0.5) is 0 Å². The fourth-order valence-corrected chi connectivity index (χ4v) is 1.98. The summed E-state index contributed by atoms with van der Waals surface area (Å²) in [5, 5.41) is 0. The lowest BCUT2D eigenvalue weighted by Crippen LogP contribution is -1.98. The van der Waals surface area contributed by atoms with Crippen molar-refractivity contribution < 1.29 is 0 Å². The molecule has 0 saturated carbocycles. The van der Waals surface area contributed by atoms with Crippen LogP contribution in [0.1, 0.15) is 30.7 Å². The molecule has 0 radical (unpaired) electrons. The summed E-state index contributed by atoms with van der Waals surface area (Å²) in [6, 6.07) is 8.50. The number of H-pyrrole nitrogens is 1. The average Bonchev–Trinajstić information content (AvgIpc) is 2.84. The topological polar surface area (TPSA) is 54.7 Å². The highest BCUT2D eigenvalue weighted by Crippen LogP contribution is 2.18. The Morgan fingerprint density at radius 2 is 1.89 bits per heavy atom. The third kappa shape index (κ3) is 3.44. The molecular formula is C15H21N3. The minimum absolute atomic E-state index is 0.784. The molecule has 2 rings (SSSR count). The molecule has 0 amide bonds. The second-order valence-electron chi connectivity index (χ2n) is 4.71. The lowest BCUT2D eigenvalue weighted by atomic mass is 10.1. The maximum atomic E-state index is 5.48. The normalized spacial score (nSPS) is 10.8. The first-order valence-corrected chi connectivity index (χ1v) is 6.60. The summed E-state index contributed by atoms with van der Waals surface area (Å²) in [5.41, 5.74) is 9.05. The molecule has 3 nitrogen and oxygen atoms in total. The van der Waals surface area contributed by atoms with Crippen LogP contribution in [-0.2, 0) is 6.42 Å². The number of nitrogens with one attached hydrogen (secondary N) is 1. The van der Waals surface area contributed by atoms with Crippen LogP contribution in [0.5, 0.6) is 0 Å². The van der Waals surface area contributed by atoms with Crippen molar-refractivity contribution in [3.63, 3.8) is 0 Å². The predicted molar refractivity (Wildman–Crippen MR) is 75.4 cm³/mol. The van der Waals surface area contributed by atoms with E-state index in [-0.39, 0.29) is 0 Å². The lowest BCUT2D eigenvalue weighted by molar-refractivity contribution is 0.673. The molecule has 0 aliphatic rings. The first kappa shape index (κ1) is 12.8. The van der Waals surface area contributed by atoms with E-state index < -0.39 is 0 Å². The van der Waals surface area contributed by atoms with Crippen molar-refractivity contribution in [3.05, 3.63) is 41.9 Å². The molecule has 0 bridgehead atoms. The molecule has 1 aromatic carbocycles. The van der Waals surface area contributed by atoms with Crippen molar-refractivity contribution >= 4 is 0 Å². The number of hydrogen-bond donors (Lipinski definition) is 2. The second-order valence-corrected chi connectivity index (χ2v) is 4.71. The van der Waals surface area contributed by atoms with Crippen LogP contribution in [0.2, 0.25) is 0 Å². The second kappa shape index (κ2) is 6.36. The minimum atomic E-state index is 0.784. The van der Waals surface area contributed by atoms with Gasteiger partial charge in [0.1, 0.15) is 5.82 Å². The molecule has 0 fully saturated rings. The number of benzene rings is 1. The fraction of sp³-hybridized carbons (Fsp3) is 0.400. The maximum absolute atomic E-state index is 5.48. The smallest absolute Gasteiger partial charge is 0.106 e. The van der Waals surface area contributed by atoms with E-state index in [2.05, 4.69) is 41.2 Å². The molecule has 3 heteroatoms. The number of aromatic nitrogens is 2. The molecular weight excluding hydrogens is 222 g/mol. The third-order valence-electron chi connectivity index (χ3n) is 3.11. The highest BCUT2D eigenvalue weighted by Gasteiger charge is 2.02. The number of nitrogens with two attached hydrogens (primary N) is 1. The van der Waals surface area contributed by atoms with E-state index in [0.29, 0.717) is 0 Å². The summed E-state index contributed by atoms with van der Waals surface area (Å²) in [7, 11) is 0. The van der Waals surface area contributed by atoms with E-state index in [1.165, 1.54) is 17.5 Å². The standard InChI is InChI=1S/C15H21N3/c1-12-6-8-13(9-7-12)14-11-17-15(18-14)5-3-2-4-10-16/h6-9,11H,2-5,10,16H2,1H3,(H,17,18). The van der Waals surface area contributed by atoms with E-state index in [1.807, 2.05) is 6.20 Å². The molecule has 18 heavy (non-hydrogen) atoms. The van der Waals surface area contributed by atoms with Gasteiger partial charge in [0, 0.05) is 6.42 Å². The van der Waals surface area contributed by atoms with Crippen molar-refractivity contribution in [2.24, 2.45) is 5.73 Å². The molecule has 0 unspecified atom stereocenters. The highest BCUT2D eigenvalue weighted by molar-refractivity contribution is 5.58. The van der Waals surface area contributed by atoms with E-state index in [9.17, 15) is 0 Å². The van der Waals surface area contributed by atoms with Gasteiger partial charge in [-0.15, -0.1) is 0 Å². The molecule has 0 spiro atoms. The van der Waals surface area contributed by atoms with Gasteiger partial charge >= 0.3 is 0 Å². The molecule has 0 aliphatic carbocycles. The van der Waals surface area contributed by atoms with Crippen LogP contribution in [0.3, 0.4) is 0 Å². The molecule has 3 N–H and O–H groups in total. The Morgan fingerprint density at radius 3 is 2.61 bits per heavy atom. The number of aryl methyl sites for hydroxylation is 2. The van der Waals surface area contributed by atoms with E-state index >= 15 is 0 Å². The van der Waals surface area contributed by atoms with Crippen molar-refractivity contribution in [1.82, 2.24) is 9.97 Å². The molecule has 2 aromatic rings. The zero-order chi connectivity index (χ0) is 12.8. The first-order chi connectivity index (χ1) is 8.79. The van der Waals surface area contributed by atoms with Gasteiger partial charge in [0.2, 0.25) is 0 Å². The third-order valence-corrected chi connectivity index (χ3v) is 3.11. The maximum Gasteiger partial charge on any atom is 0.106 e. The van der Waals surface area contributed by atoms with Crippen molar-refractivity contribution in [1.29, 1.82) is 0 Å². The Morgan fingerprint density at radius 1 is 1.11 bits per heavy atom. The molecule has 0 aliphatic heterocycles. The van der Waals surface area contributed by atoms with Crippen molar-refractivity contribution in [2.45, 2.75) is 32.6 Å². The SMILES string of the molecule is Cc1ccc(-c2cnc(CCCCCN)[nH]2)cc1. The van der Waals surface area contributed by atoms with Crippen molar-refractivity contribution in [2.75, 3.05) is 6.54 Å². The Hall–Kier alpha value is -1.61. The first-order valence-electron chi connectivity index (χ1n) is 6.60. The average molecular weight is 243 g/mol. The van der Waals surface area contributed by atoms with E-state index in [1.54, 1.807) is 0 Å². The lowest BCUT2D eigenvalue weighted by Gasteiger charge is -1.99. The molecule has 0 atom stereocenters. The summed E-state index contributed by atoms with van der Waals surface area (Å²) in [5.74, 6) is 1.07. The van der Waals surface area contributed by atoms with Gasteiger partial charge in [0.15, 0.2) is 0 Å². The number of rotatable bonds is 6. The summed E-state index contributed by atoms with van der Waals surface area (Å²) in [6.07, 6.45) is 6.36. The number of hydrogen-bond acceptors (Lipinski definition) is 2. The van der Waals surface area contributed by atoms with E-state index in [0.717, 1.165) is 37.3 Å². The van der Waals surface area contributed by atoms with Gasteiger partial charge in [-0.3, -0.25) is 0 Å². The van der Waals surface area contributed by atoms with Crippen LogP contribution in [0.15, 0.2) is 30.5 Å². The van der Waals surface area contributed by atoms with Gasteiger partial charge in [-0.05, 0) is 31.9 Å². The summed E-state index contributed by atoms with van der Waals surface area (Å²) in [6.45, 7) is 2.88. The van der Waals surface area contributed by atoms with Crippen LogP contribution in [-0.4, -0.2) is 16.5 Å². The van der Waals surface area contributed by atoms with Crippen LogP contribution in [0.25, 0.3) is 11.3 Å². The van der Waals surface area contributed by atoms with Gasteiger partial charge in [-0.1, -0.05) is 36.2 Å². The highest BCUT2D eigenvalue weighted by atomic mass is 14.9.